The highest BCUT2D eigenvalue weighted by Crippen LogP contribution is 2.61. The number of nitrogens with zero attached hydrogens (tertiary/aromatic N) is 2. The topological polar surface area (TPSA) is 6.48 Å². The molecule has 0 aliphatic heterocycles. The third kappa shape index (κ3) is 6.97. The van der Waals surface area contributed by atoms with E-state index in [0.717, 1.165) is 43.4 Å². The highest BCUT2D eigenvalue weighted by atomic mass is 15.2. The zero-order chi connectivity index (χ0) is 44.7. The number of para-hydroxylation sites is 2. The molecule has 0 spiro atoms. The number of hydrogen-bond acceptors (Lipinski definition) is 2. The van der Waals surface area contributed by atoms with Gasteiger partial charge in [0.1, 0.15) is 0 Å². The molecule has 330 valence electrons. The molecule has 0 radical (unpaired) electrons. The molecule has 9 aliphatic rings. The van der Waals surface area contributed by atoms with Crippen molar-refractivity contribution in [3.63, 3.8) is 0 Å². The Labute approximate surface area is 398 Å². The summed E-state index contributed by atoms with van der Waals surface area (Å²) in [5.74, 6) is 2.77. The molecule has 9 aliphatic carbocycles. The highest BCUT2D eigenvalue weighted by molar-refractivity contribution is 5.94. The highest BCUT2D eigenvalue weighted by Gasteiger charge is 2.51. The first-order valence-electron chi connectivity index (χ1n) is 25.3. The van der Waals surface area contributed by atoms with Crippen molar-refractivity contribution in [3.8, 4) is 22.3 Å². The summed E-state index contributed by atoms with van der Waals surface area (Å²) in [6.07, 6.45) is 12.4. The second-order valence-corrected chi connectivity index (χ2v) is 21.5. The Bertz CT molecular complexity index is 3050. The minimum absolute atomic E-state index is 0.155. The second-order valence-electron chi connectivity index (χ2n) is 21.5. The van der Waals surface area contributed by atoms with Gasteiger partial charge in [0.15, 0.2) is 0 Å². The van der Waals surface area contributed by atoms with Crippen LogP contribution in [0.15, 0.2) is 188 Å². The average Bonchev–Trinajstić information content (AvgIpc) is 3.59. The van der Waals surface area contributed by atoms with Crippen molar-refractivity contribution in [3.05, 3.63) is 227 Å². The van der Waals surface area contributed by atoms with Crippen LogP contribution in [0.25, 0.3) is 22.3 Å². The van der Waals surface area contributed by atoms with Gasteiger partial charge in [-0.3, -0.25) is 0 Å². The standard InChI is InChI=1S/C65H60N2/c1-64(2)59-20-12-19-57(49-13-6-3-7-14-49)63(59)58-34-33-56(40-60(58)64)67(55-31-29-52(30-32-55)65-41-46-35-47(42-65)37-48(36-46)43-65)62-39-45-22-26-50-25-21-44(23-27-51(62)28-24-45)38-61(50)66(53-15-8-4-9-16-53)54-17-10-5-11-18-54/h3-21,24-25,28-34,38-40,46-48H,22-23,26-27,35-37,41-43H2,1-2H3. The van der Waals surface area contributed by atoms with Crippen molar-refractivity contribution >= 4 is 34.1 Å². The van der Waals surface area contributed by atoms with E-state index in [1.807, 2.05) is 0 Å². The minimum atomic E-state index is -0.155. The number of benzene rings is 8. The second kappa shape index (κ2) is 16.0. The zero-order valence-corrected chi connectivity index (χ0v) is 39.1. The Morgan fingerprint density at radius 2 is 0.910 bits per heavy atom. The van der Waals surface area contributed by atoms with E-state index in [1.54, 1.807) is 5.56 Å². The fourth-order valence-corrected chi connectivity index (χ4v) is 14.1. The van der Waals surface area contributed by atoms with Crippen LogP contribution in [0.5, 0.6) is 0 Å². The molecule has 0 saturated heterocycles. The van der Waals surface area contributed by atoms with Crippen LogP contribution < -0.4 is 9.80 Å². The molecule has 0 unspecified atom stereocenters. The van der Waals surface area contributed by atoms with Gasteiger partial charge in [-0.05, 0) is 209 Å². The quantitative estimate of drug-likeness (QED) is 0.150. The van der Waals surface area contributed by atoms with Crippen molar-refractivity contribution < 1.29 is 0 Å². The molecule has 67 heavy (non-hydrogen) atoms. The molecule has 8 aromatic rings. The van der Waals surface area contributed by atoms with Crippen molar-refractivity contribution in [2.45, 2.75) is 88.9 Å². The minimum Gasteiger partial charge on any atom is -0.310 e. The third-order valence-corrected chi connectivity index (χ3v) is 17.0. The summed E-state index contributed by atoms with van der Waals surface area (Å²) in [6, 6.07) is 71.9. The summed E-state index contributed by atoms with van der Waals surface area (Å²) in [7, 11) is 0. The van der Waals surface area contributed by atoms with E-state index in [0.29, 0.717) is 5.41 Å². The van der Waals surface area contributed by atoms with Crippen molar-refractivity contribution in [2.24, 2.45) is 17.8 Å². The molecule has 0 heterocycles. The lowest BCUT2D eigenvalue weighted by molar-refractivity contribution is -0.00518. The molecule has 17 rings (SSSR count). The zero-order valence-electron chi connectivity index (χ0n) is 39.1. The van der Waals surface area contributed by atoms with Gasteiger partial charge in [0.05, 0.1) is 0 Å². The SMILES string of the molecule is CC1(C)c2cc(N(c3ccc(C45CC6CC(CC(C6)C4)C5)cc3)c3cc4ccc3CCc3ccc(c(N(c5ccccc5)c5ccccc5)c3)CC4)ccc2-c2c(-c3ccccc3)cccc21. The lowest BCUT2D eigenvalue weighted by Crippen LogP contribution is -2.48. The Kier molecular flexibility index (Phi) is 9.71. The molecule has 0 aromatic heterocycles. The van der Waals surface area contributed by atoms with Gasteiger partial charge in [-0.25, -0.2) is 0 Å². The van der Waals surface area contributed by atoms with Crippen LogP contribution in [0.3, 0.4) is 0 Å². The van der Waals surface area contributed by atoms with Gasteiger partial charge in [-0.15, -0.1) is 0 Å². The smallest absolute Gasteiger partial charge is 0.0496 e. The first kappa shape index (κ1) is 40.6. The van der Waals surface area contributed by atoms with Crippen LogP contribution in [0.2, 0.25) is 0 Å². The number of anilines is 6. The lowest BCUT2D eigenvalue weighted by Gasteiger charge is -2.57. The number of aryl methyl sites for hydroxylation is 4. The van der Waals surface area contributed by atoms with Crippen molar-refractivity contribution in [2.75, 3.05) is 9.80 Å². The van der Waals surface area contributed by atoms with E-state index in [4.69, 9.17) is 0 Å². The van der Waals surface area contributed by atoms with E-state index in [2.05, 4.69) is 212 Å². The first-order valence-corrected chi connectivity index (χ1v) is 25.3. The van der Waals surface area contributed by atoms with Crippen LogP contribution in [-0.4, -0.2) is 0 Å². The number of rotatable bonds is 8. The van der Waals surface area contributed by atoms with E-state index in [9.17, 15) is 0 Å². The maximum atomic E-state index is 2.63. The molecule has 8 aromatic carbocycles. The summed E-state index contributed by atoms with van der Waals surface area (Å²) in [5, 5.41) is 0. The molecule has 0 N–H and O–H groups in total. The monoisotopic (exact) mass is 868 g/mol. The average molecular weight is 869 g/mol. The van der Waals surface area contributed by atoms with Gasteiger partial charge in [-0.1, -0.05) is 141 Å². The van der Waals surface area contributed by atoms with E-state index < -0.39 is 0 Å². The van der Waals surface area contributed by atoms with Crippen LogP contribution in [0.4, 0.5) is 34.1 Å². The summed E-state index contributed by atoms with van der Waals surface area (Å²) >= 11 is 0. The Balaban J connectivity index is 0.924. The van der Waals surface area contributed by atoms with Crippen molar-refractivity contribution in [1.29, 1.82) is 0 Å². The summed E-state index contributed by atoms with van der Waals surface area (Å²) in [6.45, 7) is 4.86. The van der Waals surface area contributed by atoms with E-state index >= 15 is 0 Å². The largest absolute Gasteiger partial charge is 0.310 e. The van der Waals surface area contributed by atoms with E-state index in [-0.39, 0.29) is 5.41 Å². The Morgan fingerprint density at radius 3 is 1.48 bits per heavy atom. The molecular formula is C65H60N2. The molecule has 4 saturated carbocycles. The normalized spacial score (nSPS) is 21.6. The molecular weight excluding hydrogens is 809 g/mol. The fraction of sp³-hybridized carbons (Fsp3) is 0.262. The van der Waals surface area contributed by atoms with Gasteiger partial charge in [-0.2, -0.15) is 0 Å². The van der Waals surface area contributed by atoms with E-state index in [1.165, 1.54) is 128 Å². The maximum Gasteiger partial charge on any atom is 0.0496 e. The molecule has 0 amide bonds. The van der Waals surface area contributed by atoms with Gasteiger partial charge in [0.2, 0.25) is 0 Å². The van der Waals surface area contributed by atoms with Crippen LogP contribution in [0.1, 0.15) is 91.3 Å². The Morgan fingerprint density at radius 1 is 0.403 bits per heavy atom. The molecule has 2 heteroatoms. The summed E-state index contributed by atoms with van der Waals surface area (Å²) in [5.41, 5.74) is 22.9. The van der Waals surface area contributed by atoms with Gasteiger partial charge >= 0.3 is 0 Å². The summed E-state index contributed by atoms with van der Waals surface area (Å²) < 4.78 is 0. The molecule has 8 bridgehead atoms. The van der Waals surface area contributed by atoms with Crippen molar-refractivity contribution in [1.82, 2.24) is 0 Å². The van der Waals surface area contributed by atoms with Gasteiger partial charge in [0.25, 0.3) is 0 Å². The fourth-order valence-electron chi connectivity index (χ4n) is 14.1. The lowest BCUT2D eigenvalue weighted by atomic mass is 9.48. The van der Waals surface area contributed by atoms with Gasteiger partial charge in [0, 0.05) is 39.5 Å². The first-order chi connectivity index (χ1) is 32.9. The molecule has 2 nitrogen and oxygen atoms in total. The van der Waals surface area contributed by atoms with Crippen LogP contribution in [0, 0.1) is 17.8 Å². The third-order valence-electron chi connectivity index (χ3n) is 17.0. The number of hydrogen-bond donors (Lipinski definition) is 0. The van der Waals surface area contributed by atoms with Crippen LogP contribution >= 0.6 is 0 Å². The Hall–Kier alpha value is -6.64. The molecule has 0 atom stereocenters. The van der Waals surface area contributed by atoms with Gasteiger partial charge < -0.3 is 9.80 Å². The van der Waals surface area contributed by atoms with Crippen LogP contribution in [-0.2, 0) is 36.5 Å². The molecule has 4 fully saturated rings. The predicted octanol–water partition coefficient (Wildman–Crippen LogP) is 17.0. The number of fused-ring (bicyclic) bond motifs is 3. The maximum absolute atomic E-state index is 2.63. The summed E-state index contributed by atoms with van der Waals surface area (Å²) in [4.78, 5) is 5.09. The predicted molar refractivity (Wildman–Crippen MR) is 280 cm³/mol.